The highest BCUT2D eigenvalue weighted by Gasteiger charge is 2.40. The zero-order valence-corrected chi connectivity index (χ0v) is 14.8. The highest BCUT2D eigenvalue weighted by molar-refractivity contribution is 5.73. The van der Waals surface area contributed by atoms with Gasteiger partial charge in [0.2, 0.25) is 0 Å². The highest BCUT2D eigenvalue weighted by Crippen LogP contribution is 2.45. The second-order valence-electron chi connectivity index (χ2n) is 7.98. The van der Waals surface area contributed by atoms with Gasteiger partial charge in [0.25, 0.3) is 0 Å². The molecular formula is C20H30O3. The molecular weight excluding hydrogens is 288 g/mol. The Balaban J connectivity index is 1.97. The molecule has 2 rings (SSSR count). The topological polar surface area (TPSA) is 46.5 Å². The maximum Gasteiger partial charge on any atom is 0.309 e. The third kappa shape index (κ3) is 4.81. The van der Waals surface area contributed by atoms with Crippen molar-refractivity contribution in [1.29, 1.82) is 0 Å². The van der Waals surface area contributed by atoms with Gasteiger partial charge < -0.3 is 9.84 Å². The van der Waals surface area contributed by atoms with Crippen LogP contribution >= 0.6 is 0 Å². The lowest BCUT2D eigenvalue weighted by molar-refractivity contribution is -0.157. The van der Waals surface area contributed by atoms with Crippen LogP contribution < -0.4 is 0 Å². The van der Waals surface area contributed by atoms with E-state index in [2.05, 4.69) is 27.7 Å². The highest BCUT2D eigenvalue weighted by atomic mass is 16.5. The molecule has 1 aliphatic rings. The number of carbonyl (C=O) groups is 1. The fourth-order valence-corrected chi connectivity index (χ4v) is 3.70. The number of rotatable bonds is 5. The zero-order valence-electron chi connectivity index (χ0n) is 14.8. The predicted molar refractivity (Wildman–Crippen MR) is 91.8 cm³/mol. The van der Waals surface area contributed by atoms with Crippen molar-refractivity contribution in [3.8, 4) is 0 Å². The summed E-state index contributed by atoms with van der Waals surface area (Å²) in [5.41, 5.74) is 0.970. The Hall–Kier alpha value is -1.35. The van der Waals surface area contributed by atoms with E-state index in [9.17, 15) is 9.90 Å². The lowest BCUT2D eigenvalue weighted by atomic mass is 9.64. The maximum atomic E-state index is 12.6. The number of carbonyl (C=O) groups excluding carboxylic acids is 1. The molecule has 0 aromatic heterocycles. The first-order valence-electron chi connectivity index (χ1n) is 8.70. The van der Waals surface area contributed by atoms with Crippen molar-refractivity contribution in [2.75, 3.05) is 6.61 Å². The minimum Gasteiger partial charge on any atom is -0.462 e. The first-order valence-corrected chi connectivity index (χ1v) is 8.70. The van der Waals surface area contributed by atoms with E-state index >= 15 is 0 Å². The molecule has 1 aromatic carbocycles. The van der Waals surface area contributed by atoms with Crippen molar-refractivity contribution in [3.05, 3.63) is 35.9 Å². The predicted octanol–water partition coefficient (Wildman–Crippen LogP) is 4.36. The Morgan fingerprint density at radius 3 is 2.57 bits per heavy atom. The van der Waals surface area contributed by atoms with E-state index in [0.29, 0.717) is 11.8 Å². The molecule has 1 saturated carbocycles. The Morgan fingerprint density at radius 2 is 1.96 bits per heavy atom. The van der Waals surface area contributed by atoms with Gasteiger partial charge in [-0.3, -0.25) is 4.79 Å². The molecule has 0 bridgehead atoms. The molecule has 0 saturated heterocycles. The van der Waals surface area contributed by atoms with E-state index in [-0.39, 0.29) is 23.9 Å². The summed E-state index contributed by atoms with van der Waals surface area (Å²) in [5.74, 6) is 0.653. The van der Waals surface area contributed by atoms with Gasteiger partial charge in [-0.2, -0.15) is 0 Å². The third-order valence-electron chi connectivity index (χ3n) is 5.17. The number of ether oxygens (including phenoxy) is 1. The van der Waals surface area contributed by atoms with E-state index in [0.717, 1.165) is 24.8 Å². The molecule has 0 amide bonds. The van der Waals surface area contributed by atoms with Gasteiger partial charge in [-0.05, 0) is 42.1 Å². The average Bonchev–Trinajstić information content (AvgIpc) is 2.51. The van der Waals surface area contributed by atoms with Gasteiger partial charge in [0, 0.05) is 0 Å². The molecule has 3 atom stereocenters. The molecule has 1 aliphatic carbocycles. The van der Waals surface area contributed by atoms with E-state index in [1.807, 2.05) is 30.3 Å². The Bertz CT molecular complexity index is 507. The Morgan fingerprint density at radius 1 is 1.30 bits per heavy atom. The number of esters is 1. The van der Waals surface area contributed by atoms with E-state index < -0.39 is 6.10 Å². The quantitative estimate of drug-likeness (QED) is 0.820. The van der Waals surface area contributed by atoms with Crippen molar-refractivity contribution in [1.82, 2.24) is 0 Å². The van der Waals surface area contributed by atoms with Gasteiger partial charge in [-0.25, -0.2) is 0 Å². The lowest BCUT2D eigenvalue weighted by Crippen LogP contribution is -2.38. The normalized spacial score (nSPS) is 25.1. The van der Waals surface area contributed by atoms with Gasteiger partial charge in [0.1, 0.15) is 12.7 Å². The fourth-order valence-electron chi connectivity index (χ4n) is 3.70. The summed E-state index contributed by atoms with van der Waals surface area (Å²) in [6, 6.07) is 9.34. The van der Waals surface area contributed by atoms with Crippen LogP contribution in [-0.2, 0) is 9.53 Å². The van der Waals surface area contributed by atoms with Gasteiger partial charge in [0.15, 0.2) is 0 Å². The first-order chi connectivity index (χ1) is 10.8. The number of aliphatic hydroxyl groups is 1. The van der Waals surface area contributed by atoms with Crippen molar-refractivity contribution in [2.45, 2.75) is 53.1 Å². The molecule has 1 N–H and O–H groups in total. The monoisotopic (exact) mass is 318 g/mol. The van der Waals surface area contributed by atoms with Gasteiger partial charge in [-0.15, -0.1) is 0 Å². The number of aliphatic hydroxyl groups excluding tert-OH is 1. The summed E-state index contributed by atoms with van der Waals surface area (Å²) >= 11 is 0. The average molecular weight is 318 g/mol. The second-order valence-corrected chi connectivity index (χ2v) is 7.98. The number of hydrogen-bond donors (Lipinski definition) is 1. The number of hydrogen-bond acceptors (Lipinski definition) is 3. The van der Waals surface area contributed by atoms with Gasteiger partial charge in [0.05, 0.1) is 5.92 Å². The van der Waals surface area contributed by atoms with Crippen molar-refractivity contribution < 1.29 is 14.6 Å². The molecule has 128 valence electrons. The Labute approximate surface area is 140 Å². The fraction of sp³-hybridized carbons (Fsp3) is 0.650. The molecule has 23 heavy (non-hydrogen) atoms. The minimum absolute atomic E-state index is 0.0323. The first kappa shape index (κ1) is 18.0. The Kier molecular flexibility index (Phi) is 5.85. The molecule has 3 unspecified atom stereocenters. The van der Waals surface area contributed by atoms with E-state index in [1.54, 1.807) is 0 Å². The van der Waals surface area contributed by atoms with Crippen LogP contribution in [0.1, 0.15) is 58.6 Å². The van der Waals surface area contributed by atoms with Crippen molar-refractivity contribution >= 4 is 5.97 Å². The van der Waals surface area contributed by atoms with Crippen LogP contribution in [0.4, 0.5) is 0 Å². The van der Waals surface area contributed by atoms with Crippen LogP contribution in [0.2, 0.25) is 0 Å². The molecule has 0 radical (unpaired) electrons. The molecule has 0 aliphatic heterocycles. The molecule has 1 aromatic rings. The van der Waals surface area contributed by atoms with Crippen LogP contribution in [0.25, 0.3) is 0 Å². The molecule has 0 spiro atoms. The number of benzene rings is 1. The van der Waals surface area contributed by atoms with Crippen LogP contribution in [0.15, 0.2) is 30.3 Å². The summed E-state index contributed by atoms with van der Waals surface area (Å²) in [6.07, 6.45) is 2.35. The SMILES string of the molecule is CC(C)C1CCC(C)(C)CC1C(=O)OCC(O)c1ccccc1. The van der Waals surface area contributed by atoms with Crippen molar-refractivity contribution in [3.63, 3.8) is 0 Å². The van der Waals surface area contributed by atoms with E-state index in [1.165, 1.54) is 0 Å². The summed E-state index contributed by atoms with van der Waals surface area (Å²) in [4.78, 5) is 12.6. The largest absolute Gasteiger partial charge is 0.462 e. The summed E-state index contributed by atoms with van der Waals surface area (Å²) in [6.45, 7) is 8.85. The van der Waals surface area contributed by atoms with Crippen LogP contribution in [0, 0.1) is 23.2 Å². The minimum atomic E-state index is -0.755. The summed E-state index contributed by atoms with van der Waals surface area (Å²) in [5, 5.41) is 10.2. The molecule has 1 fully saturated rings. The van der Waals surface area contributed by atoms with Gasteiger partial charge in [-0.1, -0.05) is 58.0 Å². The maximum absolute atomic E-state index is 12.6. The van der Waals surface area contributed by atoms with Crippen LogP contribution in [-0.4, -0.2) is 17.7 Å². The van der Waals surface area contributed by atoms with E-state index in [4.69, 9.17) is 4.74 Å². The molecule has 3 nitrogen and oxygen atoms in total. The lowest BCUT2D eigenvalue weighted by Gasteiger charge is -2.41. The summed E-state index contributed by atoms with van der Waals surface area (Å²) in [7, 11) is 0. The summed E-state index contributed by atoms with van der Waals surface area (Å²) < 4.78 is 5.48. The molecule has 3 heteroatoms. The standard InChI is InChI=1S/C20H30O3/c1-14(2)16-10-11-20(3,4)12-17(16)19(22)23-13-18(21)15-8-6-5-7-9-15/h5-9,14,16-18,21H,10-13H2,1-4H3. The molecule has 0 heterocycles. The zero-order chi connectivity index (χ0) is 17.0. The smallest absolute Gasteiger partial charge is 0.309 e. The van der Waals surface area contributed by atoms with Crippen molar-refractivity contribution in [2.24, 2.45) is 23.2 Å². The second kappa shape index (κ2) is 7.48. The van der Waals surface area contributed by atoms with Crippen LogP contribution in [0.3, 0.4) is 0 Å². The third-order valence-corrected chi connectivity index (χ3v) is 5.17. The van der Waals surface area contributed by atoms with Crippen LogP contribution in [0.5, 0.6) is 0 Å². The van der Waals surface area contributed by atoms with Gasteiger partial charge >= 0.3 is 5.97 Å².